The van der Waals surface area contributed by atoms with Crippen molar-refractivity contribution < 1.29 is 28.9 Å². The predicted octanol–water partition coefficient (Wildman–Crippen LogP) is 6.03. The van der Waals surface area contributed by atoms with Gasteiger partial charge in [0.05, 0.1) is 38.0 Å². The predicted molar refractivity (Wildman–Crippen MR) is 147 cm³/mol. The number of anilines is 1. The van der Waals surface area contributed by atoms with Crippen LogP contribution < -0.4 is 19.1 Å². The highest BCUT2D eigenvalue weighted by atomic mass is 16.5. The molecule has 0 aliphatic carbocycles. The highest BCUT2D eigenvalue weighted by Gasteiger charge is 2.47. The number of rotatable bonds is 7. The summed E-state index contributed by atoms with van der Waals surface area (Å²) in [6.45, 7) is 8.74. The van der Waals surface area contributed by atoms with E-state index >= 15 is 0 Å². The number of carbonyl (C=O) groups excluding carboxylic acids is 2. The molecule has 4 rings (SSSR count). The average Bonchev–Trinajstić information content (AvgIpc) is 3.18. The van der Waals surface area contributed by atoms with Crippen molar-refractivity contribution in [1.82, 2.24) is 0 Å². The second-order valence-electron chi connectivity index (χ2n) is 10.0. The maximum atomic E-state index is 13.5. The number of benzene rings is 3. The molecule has 1 fully saturated rings. The maximum Gasteiger partial charge on any atom is 0.300 e. The third-order valence-corrected chi connectivity index (χ3v) is 6.62. The van der Waals surface area contributed by atoms with Crippen LogP contribution in [0.2, 0.25) is 0 Å². The molecule has 1 unspecified atom stereocenters. The Balaban J connectivity index is 1.94. The number of aliphatic hydroxyl groups is 1. The molecular formula is C31H33NO6. The zero-order valence-electron chi connectivity index (χ0n) is 22.6. The summed E-state index contributed by atoms with van der Waals surface area (Å²) in [7, 11) is 2.98. The van der Waals surface area contributed by atoms with Gasteiger partial charge in [0.25, 0.3) is 11.7 Å². The molecule has 1 saturated heterocycles. The molecule has 38 heavy (non-hydrogen) atoms. The summed E-state index contributed by atoms with van der Waals surface area (Å²) in [5.41, 5.74) is 2.45. The molecule has 3 aromatic carbocycles. The number of ether oxygens (including phenoxy) is 3. The molecule has 0 spiro atoms. The van der Waals surface area contributed by atoms with Crippen molar-refractivity contribution in [2.75, 3.05) is 25.7 Å². The van der Waals surface area contributed by atoms with E-state index in [4.69, 9.17) is 14.2 Å². The molecule has 7 nitrogen and oxygen atoms in total. The Kier molecular flexibility index (Phi) is 7.49. The van der Waals surface area contributed by atoms with Crippen LogP contribution in [0, 0.1) is 0 Å². The van der Waals surface area contributed by atoms with Gasteiger partial charge in [-0.1, -0.05) is 45.0 Å². The molecule has 0 aromatic heterocycles. The van der Waals surface area contributed by atoms with E-state index in [1.165, 1.54) is 19.1 Å². The largest absolute Gasteiger partial charge is 0.507 e. The van der Waals surface area contributed by atoms with E-state index in [1.807, 2.05) is 31.2 Å². The van der Waals surface area contributed by atoms with E-state index < -0.39 is 17.7 Å². The molecule has 1 N–H and O–H groups in total. The Morgan fingerprint density at radius 2 is 1.53 bits per heavy atom. The van der Waals surface area contributed by atoms with Gasteiger partial charge in [-0.3, -0.25) is 14.5 Å². The molecular weight excluding hydrogens is 482 g/mol. The van der Waals surface area contributed by atoms with Crippen molar-refractivity contribution >= 4 is 23.1 Å². The maximum absolute atomic E-state index is 13.5. The van der Waals surface area contributed by atoms with Gasteiger partial charge >= 0.3 is 0 Å². The lowest BCUT2D eigenvalue weighted by Gasteiger charge is -2.27. The van der Waals surface area contributed by atoms with Crippen LogP contribution in [0.25, 0.3) is 5.76 Å². The first kappa shape index (κ1) is 26.8. The first-order valence-electron chi connectivity index (χ1n) is 12.5. The number of methoxy groups -OCH3 is 2. The van der Waals surface area contributed by atoms with Crippen LogP contribution in [0.5, 0.6) is 17.2 Å². The molecule has 1 amide bonds. The fraction of sp³-hybridized carbons (Fsp3) is 0.290. The molecule has 1 heterocycles. The number of hydrogen-bond acceptors (Lipinski definition) is 6. The first-order valence-corrected chi connectivity index (χ1v) is 12.5. The standard InChI is InChI=1S/C31H33NO6/c1-7-38-22-14-12-21(13-15-22)32-27(19-8-10-20(11-9-19)31(2,3)4)26(29(34)30(32)35)28(33)24-18-23(36-5)16-17-25(24)37-6/h8-18,27,33H,7H2,1-6H3/b28-26+. The van der Waals surface area contributed by atoms with Gasteiger partial charge in [0.1, 0.15) is 23.0 Å². The molecule has 1 atom stereocenters. The van der Waals surface area contributed by atoms with Gasteiger partial charge in [0.2, 0.25) is 0 Å². The third-order valence-electron chi connectivity index (χ3n) is 6.62. The van der Waals surface area contributed by atoms with Gasteiger partial charge in [0, 0.05) is 5.69 Å². The van der Waals surface area contributed by atoms with Crippen molar-refractivity contribution in [1.29, 1.82) is 0 Å². The lowest BCUT2D eigenvalue weighted by Crippen LogP contribution is -2.29. The van der Waals surface area contributed by atoms with Crippen molar-refractivity contribution in [2.24, 2.45) is 0 Å². The van der Waals surface area contributed by atoms with Crippen LogP contribution in [0.15, 0.2) is 72.3 Å². The van der Waals surface area contributed by atoms with Gasteiger partial charge in [-0.25, -0.2) is 0 Å². The van der Waals surface area contributed by atoms with Crippen LogP contribution in [0.4, 0.5) is 5.69 Å². The minimum atomic E-state index is -0.863. The number of Topliss-reactive ketones (excluding diaryl/α,β-unsaturated/α-hetero) is 1. The van der Waals surface area contributed by atoms with Gasteiger partial charge in [-0.2, -0.15) is 0 Å². The number of amides is 1. The monoisotopic (exact) mass is 515 g/mol. The van der Waals surface area contributed by atoms with E-state index in [1.54, 1.807) is 42.5 Å². The van der Waals surface area contributed by atoms with Gasteiger partial charge in [-0.05, 0) is 65.9 Å². The third kappa shape index (κ3) is 4.96. The average molecular weight is 516 g/mol. The first-order chi connectivity index (χ1) is 18.1. The second kappa shape index (κ2) is 10.6. The van der Waals surface area contributed by atoms with Crippen LogP contribution in [-0.4, -0.2) is 37.6 Å². The fourth-order valence-corrected chi connectivity index (χ4v) is 4.59. The summed E-state index contributed by atoms with van der Waals surface area (Å²) in [6, 6.07) is 18.8. The highest BCUT2D eigenvalue weighted by Crippen LogP contribution is 2.44. The number of nitrogens with zero attached hydrogens (tertiary/aromatic N) is 1. The van der Waals surface area contributed by atoms with Gasteiger partial charge in [-0.15, -0.1) is 0 Å². The van der Waals surface area contributed by atoms with E-state index in [2.05, 4.69) is 20.8 Å². The normalized spacial score (nSPS) is 17.0. The highest BCUT2D eigenvalue weighted by molar-refractivity contribution is 6.51. The molecule has 3 aromatic rings. The molecule has 1 aliphatic rings. The quantitative estimate of drug-likeness (QED) is 0.235. The SMILES string of the molecule is CCOc1ccc(N2C(=O)C(=O)/C(=C(/O)c3cc(OC)ccc3OC)C2c2ccc(C(C)(C)C)cc2)cc1. The Labute approximate surface area is 223 Å². The van der Waals surface area contributed by atoms with E-state index in [-0.39, 0.29) is 22.3 Å². The van der Waals surface area contributed by atoms with E-state index in [9.17, 15) is 14.7 Å². The smallest absolute Gasteiger partial charge is 0.300 e. The molecule has 198 valence electrons. The second-order valence-corrected chi connectivity index (χ2v) is 10.0. The summed E-state index contributed by atoms with van der Waals surface area (Å²) in [5, 5.41) is 11.6. The molecule has 7 heteroatoms. The van der Waals surface area contributed by atoms with Crippen LogP contribution in [0.1, 0.15) is 50.4 Å². The van der Waals surface area contributed by atoms with Crippen LogP contribution >= 0.6 is 0 Å². The van der Waals surface area contributed by atoms with Crippen molar-refractivity contribution in [3.05, 3.63) is 89.0 Å². The summed E-state index contributed by atoms with van der Waals surface area (Å²) in [5.74, 6) is -0.386. The van der Waals surface area contributed by atoms with Gasteiger partial charge in [0.15, 0.2) is 0 Å². The summed E-state index contributed by atoms with van der Waals surface area (Å²) >= 11 is 0. The van der Waals surface area contributed by atoms with Crippen LogP contribution in [0.3, 0.4) is 0 Å². The summed E-state index contributed by atoms with van der Waals surface area (Å²) < 4.78 is 16.3. The Morgan fingerprint density at radius 3 is 2.08 bits per heavy atom. The van der Waals surface area contributed by atoms with Crippen molar-refractivity contribution in [3.8, 4) is 17.2 Å². The summed E-state index contributed by atoms with van der Waals surface area (Å²) in [4.78, 5) is 28.4. The summed E-state index contributed by atoms with van der Waals surface area (Å²) in [6.07, 6.45) is 0. The minimum Gasteiger partial charge on any atom is -0.507 e. The lowest BCUT2D eigenvalue weighted by molar-refractivity contribution is -0.132. The zero-order valence-corrected chi connectivity index (χ0v) is 22.6. The van der Waals surface area contributed by atoms with E-state index in [0.29, 0.717) is 35.1 Å². The number of aliphatic hydroxyl groups excluding tert-OH is 1. The lowest BCUT2D eigenvalue weighted by atomic mass is 9.85. The minimum absolute atomic E-state index is 0.0288. The topological polar surface area (TPSA) is 85.3 Å². The molecule has 1 aliphatic heterocycles. The molecule has 0 radical (unpaired) electrons. The number of carbonyl (C=O) groups is 2. The van der Waals surface area contributed by atoms with Crippen molar-refractivity contribution in [3.63, 3.8) is 0 Å². The fourth-order valence-electron chi connectivity index (χ4n) is 4.59. The van der Waals surface area contributed by atoms with Crippen LogP contribution in [-0.2, 0) is 15.0 Å². The van der Waals surface area contributed by atoms with Crippen molar-refractivity contribution in [2.45, 2.75) is 39.2 Å². The van der Waals surface area contributed by atoms with Gasteiger partial charge < -0.3 is 19.3 Å². The molecule has 0 bridgehead atoms. The Morgan fingerprint density at radius 1 is 0.895 bits per heavy atom. The number of hydrogen-bond donors (Lipinski definition) is 1. The number of ketones is 1. The Bertz CT molecular complexity index is 1370. The van der Waals surface area contributed by atoms with E-state index in [0.717, 1.165) is 5.56 Å². The molecule has 0 saturated carbocycles. The zero-order chi connectivity index (χ0) is 27.6. The Hall–Kier alpha value is -4.26.